The predicted octanol–water partition coefficient (Wildman–Crippen LogP) is 3.41. The molecule has 0 atom stereocenters. The van der Waals surface area contributed by atoms with Crippen molar-refractivity contribution >= 4 is 22.1 Å². The monoisotopic (exact) mass is 395 g/mol. The fourth-order valence-corrected chi connectivity index (χ4v) is 3.49. The highest BCUT2D eigenvalue weighted by atomic mass is 32.1. The normalized spacial score (nSPS) is 10.9. The lowest BCUT2D eigenvalue weighted by molar-refractivity contribution is 0.103. The van der Waals surface area contributed by atoms with E-state index in [1.165, 1.54) is 46.2 Å². The number of carbonyl (C=O) groups excluding carboxylic acids is 1. The van der Waals surface area contributed by atoms with Gasteiger partial charge in [0.15, 0.2) is 10.8 Å². The predicted molar refractivity (Wildman–Crippen MR) is 102 cm³/mol. The lowest BCUT2D eigenvalue weighted by Crippen LogP contribution is -2.14. The molecule has 4 rings (SSSR count). The highest BCUT2D eigenvalue weighted by molar-refractivity contribution is 7.16. The lowest BCUT2D eigenvalue weighted by atomic mass is 10.0. The Balaban J connectivity index is 1.46. The summed E-state index contributed by atoms with van der Waals surface area (Å²) in [7, 11) is 0. The van der Waals surface area contributed by atoms with Gasteiger partial charge in [-0.2, -0.15) is 9.61 Å². The smallest absolute Gasteiger partial charge is 0.275 e. The molecule has 0 fully saturated rings. The number of rotatable bonds is 5. The number of carbonyl (C=O) groups is 1. The Kier molecular flexibility index (Phi) is 4.70. The summed E-state index contributed by atoms with van der Waals surface area (Å²) in [6, 6.07) is 13.5. The van der Waals surface area contributed by atoms with Crippen molar-refractivity contribution in [2.75, 3.05) is 0 Å². The zero-order valence-electron chi connectivity index (χ0n) is 14.8. The number of benzene rings is 2. The van der Waals surface area contributed by atoms with Crippen LogP contribution in [0.4, 0.5) is 4.39 Å². The van der Waals surface area contributed by atoms with Crippen molar-refractivity contribution in [3.05, 3.63) is 92.6 Å². The van der Waals surface area contributed by atoms with Gasteiger partial charge in [0.25, 0.3) is 5.56 Å². The van der Waals surface area contributed by atoms with E-state index in [1.807, 2.05) is 0 Å². The summed E-state index contributed by atoms with van der Waals surface area (Å²) in [5.74, 6) is -0.0206. The molecule has 0 N–H and O–H groups in total. The molecule has 0 radical (unpaired) electrons. The molecule has 2 aromatic heterocycles. The highest BCUT2D eigenvalue weighted by Crippen LogP contribution is 2.18. The van der Waals surface area contributed by atoms with Crippen LogP contribution in [0.5, 0.6) is 5.75 Å². The van der Waals surface area contributed by atoms with Crippen LogP contribution in [0.1, 0.15) is 26.6 Å². The number of nitrogens with zero attached hydrogens (tertiary/aromatic N) is 3. The van der Waals surface area contributed by atoms with Crippen molar-refractivity contribution in [3.8, 4) is 5.75 Å². The zero-order chi connectivity index (χ0) is 19.7. The van der Waals surface area contributed by atoms with Gasteiger partial charge in [-0.05, 0) is 55.5 Å². The standard InChI is InChI=1S/C20H14FN3O3S/c1-12-10-18(25)24-20(22-12)28-17(23-24)11-27-16-8-4-14(5-9-16)19(26)13-2-6-15(21)7-3-13/h2-10H,11H2,1H3. The molecule has 2 heterocycles. The van der Waals surface area contributed by atoms with Gasteiger partial charge in [-0.1, -0.05) is 11.3 Å². The van der Waals surface area contributed by atoms with E-state index < -0.39 is 0 Å². The number of hydrogen-bond acceptors (Lipinski definition) is 6. The number of fused-ring (bicyclic) bond motifs is 1. The number of aromatic nitrogens is 3. The second-order valence-corrected chi connectivity index (χ2v) is 7.12. The average molecular weight is 395 g/mol. The van der Waals surface area contributed by atoms with Crippen LogP contribution in [0, 0.1) is 12.7 Å². The van der Waals surface area contributed by atoms with Gasteiger partial charge < -0.3 is 4.74 Å². The number of ketones is 1. The fraction of sp³-hybridized carbons (Fsp3) is 0.100. The minimum Gasteiger partial charge on any atom is -0.486 e. The molecule has 28 heavy (non-hydrogen) atoms. The Bertz CT molecular complexity index is 1210. The van der Waals surface area contributed by atoms with Crippen LogP contribution in [-0.4, -0.2) is 20.4 Å². The van der Waals surface area contributed by atoms with E-state index in [-0.39, 0.29) is 23.8 Å². The molecule has 140 valence electrons. The Hall–Kier alpha value is -3.39. The van der Waals surface area contributed by atoms with E-state index >= 15 is 0 Å². The van der Waals surface area contributed by atoms with Gasteiger partial charge in [0.05, 0.1) is 0 Å². The Morgan fingerprint density at radius 1 is 1.11 bits per heavy atom. The van der Waals surface area contributed by atoms with E-state index in [4.69, 9.17) is 4.74 Å². The van der Waals surface area contributed by atoms with Crippen LogP contribution < -0.4 is 10.3 Å². The van der Waals surface area contributed by atoms with Gasteiger partial charge in [-0.25, -0.2) is 9.37 Å². The third kappa shape index (κ3) is 3.67. The molecule has 0 unspecified atom stereocenters. The Morgan fingerprint density at radius 2 is 1.75 bits per heavy atom. The number of ether oxygens (including phenoxy) is 1. The molecular weight excluding hydrogens is 381 g/mol. The van der Waals surface area contributed by atoms with Crippen LogP contribution in [0.15, 0.2) is 59.4 Å². The van der Waals surface area contributed by atoms with Crippen molar-refractivity contribution in [2.45, 2.75) is 13.5 Å². The summed E-state index contributed by atoms with van der Waals surface area (Å²) in [6.45, 7) is 1.93. The van der Waals surface area contributed by atoms with Gasteiger partial charge in [0, 0.05) is 22.9 Å². The molecule has 0 saturated heterocycles. The molecule has 8 heteroatoms. The minimum atomic E-state index is -0.386. The van der Waals surface area contributed by atoms with Gasteiger partial charge in [-0.3, -0.25) is 9.59 Å². The second kappa shape index (κ2) is 7.32. The van der Waals surface area contributed by atoms with Crippen LogP contribution in [0.3, 0.4) is 0 Å². The van der Waals surface area contributed by atoms with Gasteiger partial charge >= 0.3 is 0 Å². The first-order valence-electron chi connectivity index (χ1n) is 8.39. The summed E-state index contributed by atoms with van der Waals surface area (Å²) in [5, 5.41) is 4.82. The van der Waals surface area contributed by atoms with Crippen molar-refractivity contribution in [1.29, 1.82) is 0 Å². The van der Waals surface area contributed by atoms with E-state index in [9.17, 15) is 14.0 Å². The maximum atomic E-state index is 13.0. The number of hydrogen-bond donors (Lipinski definition) is 0. The Labute approximate surface area is 162 Å². The molecule has 2 aromatic carbocycles. The van der Waals surface area contributed by atoms with Crippen LogP contribution in [-0.2, 0) is 6.61 Å². The molecule has 0 aliphatic heterocycles. The first-order chi connectivity index (χ1) is 13.5. The second-order valence-electron chi connectivity index (χ2n) is 6.08. The van der Waals surface area contributed by atoms with E-state index in [0.29, 0.717) is 32.5 Å². The molecule has 4 aromatic rings. The van der Waals surface area contributed by atoms with Crippen molar-refractivity contribution < 1.29 is 13.9 Å². The van der Waals surface area contributed by atoms with E-state index in [0.717, 1.165) is 0 Å². The lowest BCUT2D eigenvalue weighted by Gasteiger charge is -2.05. The quantitative estimate of drug-likeness (QED) is 0.484. The fourth-order valence-electron chi connectivity index (χ4n) is 2.63. The maximum Gasteiger partial charge on any atom is 0.275 e. The number of halogens is 1. The van der Waals surface area contributed by atoms with Gasteiger partial charge in [-0.15, -0.1) is 0 Å². The minimum absolute atomic E-state index is 0.178. The molecule has 0 spiro atoms. The average Bonchev–Trinajstić information content (AvgIpc) is 3.10. The summed E-state index contributed by atoms with van der Waals surface area (Å²) in [6.07, 6.45) is 0. The largest absolute Gasteiger partial charge is 0.486 e. The van der Waals surface area contributed by atoms with Crippen molar-refractivity contribution in [3.63, 3.8) is 0 Å². The maximum absolute atomic E-state index is 13.0. The van der Waals surface area contributed by atoms with Crippen molar-refractivity contribution in [2.24, 2.45) is 0 Å². The molecule has 0 aliphatic carbocycles. The van der Waals surface area contributed by atoms with Crippen LogP contribution in [0.2, 0.25) is 0 Å². The molecule has 0 bridgehead atoms. The van der Waals surface area contributed by atoms with Crippen LogP contribution in [0.25, 0.3) is 4.96 Å². The molecule has 6 nitrogen and oxygen atoms in total. The summed E-state index contributed by atoms with van der Waals surface area (Å²) in [4.78, 5) is 29.1. The Morgan fingerprint density at radius 3 is 2.43 bits per heavy atom. The first kappa shape index (κ1) is 18.0. The molecule has 0 saturated carbocycles. The summed E-state index contributed by atoms with van der Waals surface area (Å²) in [5.41, 5.74) is 1.30. The van der Waals surface area contributed by atoms with Crippen LogP contribution >= 0.6 is 11.3 Å². The third-order valence-electron chi connectivity index (χ3n) is 4.00. The third-order valence-corrected chi connectivity index (χ3v) is 4.88. The SMILES string of the molecule is Cc1cc(=O)n2nc(COc3ccc(C(=O)c4ccc(F)cc4)cc3)sc2n1. The molecule has 0 amide bonds. The van der Waals surface area contributed by atoms with Crippen molar-refractivity contribution in [1.82, 2.24) is 14.6 Å². The molecular formula is C20H14FN3O3S. The summed E-state index contributed by atoms with van der Waals surface area (Å²) >= 11 is 1.28. The van der Waals surface area contributed by atoms with Gasteiger partial charge in [0.2, 0.25) is 4.96 Å². The number of aryl methyl sites for hydroxylation is 1. The van der Waals surface area contributed by atoms with Gasteiger partial charge in [0.1, 0.15) is 18.2 Å². The van der Waals surface area contributed by atoms with E-state index in [2.05, 4.69) is 10.1 Å². The first-order valence-corrected chi connectivity index (χ1v) is 9.21. The highest BCUT2D eigenvalue weighted by Gasteiger charge is 2.11. The zero-order valence-corrected chi connectivity index (χ0v) is 15.6. The molecule has 0 aliphatic rings. The van der Waals surface area contributed by atoms with E-state index in [1.54, 1.807) is 31.2 Å². The topological polar surface area (TPSA) is 73.6 Å². The summed E-state index contributed by atoms with van der Waals surface area (Å²) < 4.78 is 19.9.